The van der Waals surface area contributed by atoms with Gasteiger partial charge in [0, 0.05) is 16.8 Å². The highest BCUT2D eigenvalue weighted by Gasteiger charge is 2.13. The van der Waals surface area contributed by atoms with Crippen LogP contribution in [0.5, 0.6) is 0 Å². The largest absolute Gasteiger partial charge is 0.481 e. The Morgan fingerprint density at radius 2 is 1.76 bits per heavy atom. The Morgan fingerprint density at radius 1 is 1.12 bits per heavy atom. The third kappa shape index (κ3) is 21.4. The molecule has 0 saturated heterocycles. The Hall–Kier alpha value is -2.18. The minimum Gasteiger partial charge on any atom is -0.481 e. The van der Waals surface area contributed by atoms with Crippen LogP contribution < -0.4 is 4.90 Å². The number of anilines is 1. The Balaban J connectivity index is -0.000000578. The second-order valence-corrected chi connectivity index (χ2v) is 7.74. The van der Waals surface area contributed by atoms with Gasteiger partial charge in [-0.05, 0) is 44.2 Å². The molecule has 0 aliphatic heterocycles. The van der Waals surface area contributed by atoms with Gasteiger partial charge in [-0.1, -0.05) is 71.9 Å². The van der Waals surface area contributed by atoms with Crippen LogP contribution in [0.4, 0.5) is 5.13 Å². The van der Waals surface area contributed by atoms with Gasteiger partial charge in [0.2, 0.25) is 0 Å². The number of allylic oxidation sites excluding steroid dienone is 4. The maximum Gasteiger partial charge on any atom is 0.305 e. The SMILES string of the molecule is C/C=C/c1csc(N(CCC(=O)O)Cc2cccs2)n1.C/C=C\CC.C=CCC.CC.CC. The van der Waals surface area contributed by atoms with E-state index in [1.165, 1.54) is 4.88 Å². The Kier molecular flexibility index (Phi) is 29.9. The Bertz CT molecular complexity index is 720. The molecule has 2 aromatic heterocycles. The third-order valence-electron chi connectivity index (χ3n) is 3.40. The van der Waals surface area contributed by atoms with E-state index in [1.807, 2.05) is 81.5 Å². The molecule has 0 amide bonds. The van der Waals surface area contributed by atoms with Crippen molar-refractivity contribution in [1.82, 2.24) is 4.98 Å². The topological polar surface area (TPSA) is 53.4 Å². The first kappa shape index (κ1) is 35.4. The van der Waals surface area contributed by atoms with Crippen molar-refractivity contribution in [3.05, 3.63) is 64.3 Å². The van der Waals surface area contributed by atoms with Gasteiger partial charge < -0.3 is 10.0 Å². The number of hydrogen-bond donors (Lipinski definition) is 1. The van der Waals surface area contributed by atoms with Crippen LogP contribution in [0, 0.1) is 0 Å². The van der Waals surface area contributed by atoms with Crippen LogP contribution in [0.1, 0.15) is 85.2 Å². The second kappa shape index (κ2) is 27.9. The number of aromatic nitrogens is 1. The molecule has 4 nitrogen and oxygen atoms in total. The van der Waals surface area contributed by atoms with Gasteiger partial charge in [0.15, 0.2) is 5.13 Å². The lowest BCUT2D eigenvalue weighted by Crippen LogP contribution is -2.25. The quantitative estimate of drug-likeness (QED) is 0.353. The number of aliphatic carboxylic acids is 1. The van der Waals surface area contributed by atoms with E-state index >= 15 is 0 Å². The molecular formula is C27H46N2O2S2. The molecular weight excluding hydrogens is 448 g/mol. The van der Waals surface area contributed by atoms with Crippen molar-refractivity contribution < 1.29 is 9.90 Å². The molecule has 2 rings (SSSR count). The molecule has 0 fully saturated rings. The van der Waals surface area contributed by atoms with Gasteiger partial charge in [0.25, 0.3) is 0 Å². The summed E-state index contributed by atoms with van der Waals surface area (Å²) in [5, 5.41) is 13.8. The van der Waals surface area contributed by atoms with Gasteiger partial charge in [0.1, 0.15) is 0 Å². The molecule has 0 unspecified atom stereocenters. The molecule has 0 aromatic carbocycles. The summed E-state index contributed by atoms with van der Waals surface area (Å²) in [5.41, 5.74) is 0.916. The second-order valence-electron chi connectivity index (χ2n) is 5.87. The number of rotatable bonds is 9. The predicted molar refractivity (Wildman–Crippen MR) is 153 cm³/mol. The monoisotopic (exact) mass is 494 g/mol. The lowest BCUT2D eigenvalue weighted by Gasteiger charge is -2.20. The summed E-state index contributed by atoms with van der Waals surface area (Å²) >= 11 is 3.22. The lowest BCUT2D eigenvalue weighted by atomic mass is 10.3. The summed E-state index contributed by atoms with van der Waals surface area (Å²) in [6, 6.07) is 4.06. The smallest absolute Gasteiger partial charge is 0.305 e. The molecule has 0 atom stereocenters. The van der Waals surface area contributed by atoms with E-state index in [0.717, 1.165) is 23.7 Å². The number of carbonyl (C=O) groups is 1. The van der Waals surface area contributed by atoms with Gasteiger partial charge in [-0.2, -0.15) is 0 Å². The van der Waals surface area contributed by atoms with Gasteiger partial charge >= 0.3 is 5.97 Å². The molecule has 188 valence electrons. The molecule has 1 N–H and O–H groups in total. The van der Waals surface area contributed by atoms with Crippen LogP contribution >= 0.6 is 22.7 Å². The van der Waals surface area contributed by atoms with Crippen molar-refractivity contribution >= 4 is 39.9 Å². The zero-order valence-electron chi connectivity index (χ0n) is 22.0. The first-order chi connectivity index (χ1) is 16.0. The van der Waals surface area contributed by atoms with E-state index < -0.39 is 5.97 Å². The van der Waals surface area contributed by atoms with E-state index in [0.29, 0.717) is 13.1 Å². The minimum atomic E-state index is -0.786. The molecule has 2 aromatic rings. The van der Waals surface area contributed by atoms with Crippen LogP contribution in [-0.4, -0.2) is 22.6 Å². The third-order valence-corrected chi connectivity index (χ3v) is 5.18. The summed E-state index contributed by atoms with van der Waals surface area (Å²) in [4.78, 5) is 18.6. The number of carboxylic acid groups (broad SMARTS) is 1. The van der Waals surface area contributed by atoms with Crippen LogP contribution in [0.2, 0.25) is 0 Å². The molecule has 0 aliphatic carbocycles. The Labute approximate surface area is 211 Å². The highest BCUT2D eigenvalue weighted by atomic mass is 32.1. The highest BCUT2D eigenvalue weighted by Crippen LogP contribution is 2.24. The maximum absolute atomic E-state index is 10.8. The summed E-state index contributed by atoms with van der Waals surface area (Å²) in [5.74, 6) is -0.786. The first-order valence-corrected chi connectivity index (χ1v) is 13.6. The summed E-state index contributed by atoms with van der Waals surface area (Å²) < 4.78 is 0. The van der Waals surface area contributed by atoms with E-state index in [4.69, 9.17) is 5.11 Å². The zero-order valence-corrected chi connectivity index (χ0v) is 23.6. The van der Waals surface area contributed by atoms with Crippen molar-refractivity contribution in [2.75, 3.05) is 11.4 Å². The van der Waals surface area contributed by atoms with E-state index in [-0.39, 0.29) is 6.42 Å². The number of thiazole rings is 1. The molecule has 33 heavy (non-hydrogen) atoms. The zero-order chi connectivity index (χ0) is 25.9. The van der Waals surface area contributed by atoms with Crippen molar-refractivity contribution in [1.29, 1.82) is 0 Å². The number of thiophene rings is 1. The fraction of sp³-hybridized carbons (Fsp3) is 0.481. The van der Waals surface area contributed by atoms with Crippen LogP contribution in [0.25, 0.3) is 6.08 Å². The van der Waals surface area contributed by atoms with E-state index in [9.17, 15) is 4.79 Å². The average Bonchev–Trinajstić information content (AvgIpc) is 3.53. The number of nitrogens with zero attached hydrogens (tertiary/aromatic N) is 2. The predicted octanol–water partition coefficient (Wildman–Crippen LogP) is 9.33. The van der Waals surface area contributed by atoms with Crippen molar-refractivity contribution in [3.63, 3.8) is 0 Å². The van der Waals surface area contributed by atoms with Crippen molar-refractivity contribution in [2.45, 2.75) is 81.2 Å². The van der Waals surface area contributed by atoms with Gasteiger partial charge in [-0.25, -0.2) is 4.98 Å². The fourth-order valence-corrected chi connectivity index (χ4v) is 3.51. The van der Waals surface area contributed by atoms with E-state index in [2.05, 4.69) is 43.6 Å². The van der Waals surface area contributed by atoms with Gasteiger partial charge in [-0.3, -0.25) is 4.79 Å². The molecule has 0 bridgehead atoms. The minimum absolute atomic E-state index is 0.115. The molecule has 2 heterocycles. The average molecular weight is 495 g/mol. The molecule has 0 radical (unpaired) electrons. The van der Waals surface area contributed by atoms with Gasteiger partial charge in [-0.15, -0.1) is 29.3 Å². The number of carboxylic acids is 1. The first-order valence-electron chi connectivity index (χ1n) is 11.8. The van der Waals surface area contributed by atoms with Crippen LogP contribution in [0.3, 0.4) is 0 Å². The number of hydrogen-bond acceptors (Lipinski definition) is 5. The molecule has 0 spiro atoms. The summed E-state index contributed by atoms with van der Waals surface area (Å²) in [6.07, 6.45) is 12.3. The van der Waals surface area contributed by atoms with E-state index in [1.54, 1.807) is 22.7 Å². The van der Waals surface area contributed by atoms with Crippen LogP contribution in [-0.2, 0) is 11.3 Å². The molecule has 6 heteroatoms. The van der Waals surface area contributed by atoms with Crippen molar-refractivity contribution in [2.24, 2.45) is 0 Å². The standard InChI is InChI=1S/C14H16N2O2S2.C5H10.C4H8.2C2H6/c1-2-4-11-10-20-14(15-11)16(7-6-13(17)18)9-12-5-3-8-19-12;1-3-5-4-2;1-3-4-2;2*1-2/h2-5,8,10H,6-7,9H2,1H3,(H,17,18);3,5H,4H2,1-2H3;3H,1,4H2,2H3;2*1-2H3/b4-2+;5-3-;;;. The van der Waals surface area contributed by atoms with Gasteiger partial charge in [0.05, 0.1) is 18.7 Å². The summed E-state index contributed by atoms with van der Waals surface area (Å²) in [6.45, 7) is 20.8. The molecule has 0 aliphatic rings. The lowest BCUT2D eigenvalue weighted by molar-refractivity contribution is -0.136. The summed E-state index contributed by atoms with van der Waals surface area (Å²) in [7, 11) is 0. The van der Waals surface area contributed by atoms with Crippen molar-refractivity contribution in [3.8, 4) is 0 Å². The fourth-order valence-electron chi connectivity index (χ4n) is 1.97. The molecule has 0 saturated carbocycles. The van der Waals surface area contributed by atoms with Crippen LogP contribution in [0.15, 0.2) is 53.8 Å². The maximum atomic E-state index is 10.8. The normalized spacial score (nSPS) is 9.33. The highest BCUT2D eigenvalue weighted by molar-refractivity contribution is 7.13. The Morgan fingerprint density at radius 3 is 2.15 bits per heavy atom.